The molecule has 2 aromatic rings. The van der Waals surface area contributed by atoms with Crippen LogP contribution in [0.5, 0.6) is 0 Å². The van der Waals surface area contributed by atoms with Gasteiger partial charge in [-0.1, -0.05) is 24.3 Å². The molecule has 0 aliphatic heterocycles. The molecule has 6 nitrogen and oxygen atoms in total. The lowest BCUT2D eigenvalue weighted by atomic mass is 10.1. The Morgan fingerprint density at radius 1 is 1.15 bits per heavy atom. The highest BCUT2D eigenvalue weighted by Gasteiger charge is 2.22. The molecule has 2 rings (SSSR count). The molecule has 0 fully saturated rings. The van der Waals surface area contributed by atoms with Crippen LogP contribution in [0.2, 0.25) is 0 Å². The minimum Gasteiger partial charge on any atom is -0.271 e. The number of aryl methyl sites for hydroxylation is 1. The summed E-state index contributed by atoms with van der Waals surface area (Å²) in [5, 5.41) is 4.09. The van der Waals surface area contributed by atoms with Crippen molar-refractivity contribution in [1.82, 2.24) is 5.43 Å². The Morgan fingerprint density at radius 2 is 1.78 bits per heavy atom. The van der Waals surface area contributed by atoms with Crippen LogP contribution < -0.4 is 9.73 Å². The maximum atomic E-state index is 12.3. The molecular formula is C19H22IN3O3S. The normalized spacial score (nSPS) is 12.0. The molecule has 0 atom stereocenters. The van der Waals surface area contributed by atoms with E-state index in [1.807, 2.05) is 44.2 Å². The number of amides is 1. The van der Waals surface area contributed by atoms with Gasteiger partial charge in [0.2, 0.25) is 10.0 Å². The Labute approximate surface area is 173 Å². The predicted octanol–water partition coefficient (Wildman–Crippen LogP) is 3.21. The molecule has 2 aromatic carbocycles. The van der Waals surface area contributed by atoms with Gasteiger partial charge in [-0.2, -0.15) is 5.10 Å². The maximum Gasteiger partial charge on any atom is 0.260 e. The molecule has 0 aliphatic carbocycles. The summed E-state index contributed by atoms with van der Waals surface area (Å²) in [6.45, 7) is 5.17. The van der Waals surface area contributed by atoms with E-state index in [0.717, 1.165) is 30.8 Å². The van der Waals surface area contributed by atoms with Crippen molar-refractivity contribution in [3.8, 4) is 0 Å². The van der Waals surface area contributed by atoms with E-state index in [1.54, 1.807) is 19.1 Å². The van der Waals surface area contributed by atoms with Gasteiger partial charge >= 0.3 is 0 Å². The molecule has 0 radical (unpaired) electrons. The zero-order valence-corrected chi connectivity index (χ0v) is 18.6. The van der Waals surface area contributed by atoms with E-state index in [1.165, 1.54) is 0 Å². The average molecular weight is 499 g/mol. The number of nitrogens with one attached hydrogen (secondary N) is 1. The Kier molecular flexibility index (Phi) is 6.99. The summed E-state index contributed by atoms with van der Waals surface area (Å²) in [4.78, 5) is 12.3. The quantitative estimate of drug-likeness (QED) is 0.377. The molecule has 0 unspecified atom stereocenters. The minimum absolute atomic E-state index is 0.341. The first-order chi connectivity index (χ1) is 12.6. The second-order valence-corrected chi connectivity index (χ2v) is 9.38. The summed E-state index contributed by atoms with van der Waals surface area (Å²) in [7, 11) is -3.62. The third-order valence-electron chi connectivity index (χ3n) is 4.14. The zero-order chi connectivity index (χ0) is 20.2. The van der Waals surface area contributed by atoms with Gasteiger partial charge in [-0.25, -0.2) is 13.8 Å². The number of rotatable bonds is 6. The molecule has 0 bridgehead atoms. The van der Waals surface area contributed by atoms with Gasteiger partial charge in [0, 0.05) is 3.57 Å². The number of halogens is 1. The Morgan fingerprint density at radius 3 is 2.37 bits per heavy atom. The summed E-state index contributed by atoms with van der Waals surface area (Å²) < 4.78 is 26.7. The first-order valence-electron chi connectivity index (χ1n) is 8.22. The smallest absolute Gasteiger partial charge is 0.260 e. The second-order valence-electron chi connectivity index (χ2n) is 6.23. The van der Waals surface area contributed by atoms with E-state index >= 15 is 0 Å². The van der Waals surface area contributed by atoms with Crippen LogP contribution in [0.25, 0.3) is 0 Å². The predicted molar refractivity (Wildman–Crippen MR) is 118 cm³/mol. The fraction of sp³-hybridized carbons (Fsp3) is 0.263. The summed E-state index contributed by atoms with van der Waals surface area (Å²) in [6, 6.07) is 13.1. The van der Waals surface area contributed by atoms with Gasteiger partial charge in [-0.05, 0) is 78.3 Å². The summed E-state index contributed by atoms with van der Waals surface area (Å²) >= 11 is 2.21. The number of carbonyl (C=O) groups is 1. The highest BCUT2D eigenvalue weighted by atomic mass is 127. The van der Waals surface area contributed by atoms with Crippen molar-refractivity contribution in [2.24, 2.45) is 5.10 Å². The molecule has 1 amide bonds. The van der Waals surface area contributed by atoms with Gasteiger partial charge in [-0.3, -0.25) is 9.10 Å². The lowest BCUT2D eigenvalue weighted by Crippen LogP contribution is -2.39. The number of benzene rings is 2. The van der Waals surface area contributed by atoms with Gasteiger partial charge < -0.3 is 0 Å². The van der Waals surface area contributed by atoms with Gasteiger partial charge in [0.05, 0.1) is 17.7 Å². The number of sulfonamides is 1. The number of anilines is 1. The SMILES string of the molecule is C/C(=N/NC(=O)CN(c1cccc(C)c1C)S(C)(=O)=O)c1ccc(I)cc1. The van der Waals surface area contributed by atoms with Crippen molar-refractivity contribution in [2.45, 2.75) is 20.8 Å². The number of hydrogen-bond donors (Lipinski definition) is 1. The summed E-state index contributed by atoms with van der Waals surface area (Å²) in [5.74, 6) is -0.508. The van der Waals surface area contributed by atoms with Crippen molar-refractivity contribution in [2.75, 3.05) is 17.1 Å². The molecule has 144 valence electrons. The van der Waals surface area contributed by atoms with Gasteiger partial charge in [0.25, 0.3) is 5.91 Å². The summed E-state index contributed by atoms with van der Waals surface area (Å²) in [5.41, 5.74) is 6.22. The third kappa shape index (κ3) is 5.77. The lowest BCUT2D eigenvalue weighted by Gasteiger charge is -2.24. The zero-order valence-electron chi connectivity index (χ0n) is 15.7. The van der Waals surface area contributed by atoms with Crippen molar-refractivity contribution >= 4 is 49.9 Å². The second kappa shape index (κ2) is 8.83. The van der Waals surface area contributed by atoms with E-state index in [-0.39, 0.29) is 6.54 Å². The first-order valence-corrected chi connectivity index (χ1v) is 11.2. The van der Waals surface area contributed by atoms with E-state index in [0.29, 0.717) is 11.4 Å². The number of hydrogen-bond acceptors (Lipinski definition) is 4. The van der Waals surface area contributed by atoms with Gasteiger partial charge in [0.15, 0.2) is 0 Å². The van der Waals surface area contributed by atoms with Crippen molar-refractivity contribution in [3.63, 3.8) is 0 Å². The molecule has 0 heterocycles. The lowest BCUT2D eigenvalue weighted by molar-refractivity contribution is -0.119. The largest absolute Gasteiger partial charge is 0.271 e. The van der Waals surface area contributed by atoms with Crippen LogP contribution in [0.3, 0.4) is 0 Å². The van der Waals surface area contributed by atoms with Gasteiger partial charge in [-0.15, -0.1) is 0 Å². The molecule has 1 N–H and O–H groups in total. The van der Waals surface area contributed by atoms with E-state index in [2.05, 4.69) is 33.1 Å². The molecule has 8 heteroatoms. The molecule has 0 saturated carbocycles. The van der Waals surface area contributed by atoms with E-state index in [9.17, 15) is 13.2 Å². The van der Waals surface area contributed by atoms with Crippen molar-refractivity contribution in [1.29, 1.82) is 0 Å². The number of nitrogens with zero attached hydrogens (tertiary/aromatic N) is 2. The third-order valence-corrected chi connectivity index (χ3v) is 5.99. The highest BCUT2D eigenvalue weighted by Crippen LogP contribution is 2.24. The fourth-order valence-electron chi connectivity index (χ4n) is 2.45. The van der Waals surface area contributed by atoms with Crippen LogP contribution in [-0.2, 0) is 14.8 Å². The number of hydrazone groups is 1. The van der Waals surface area contributed by atoms with Crippen LogP contribution in [0.15, 0.2) is 47.6 Å². The fourth-order valence-corrected chi connectivity index (χ4v) is 3.72. The summed E-state index contributed by atoms with van der Waals surface area (Å²) in [6.07, 6.45) is 1.09. The van der Waals surface area contributed by atoms with Crippen LogP contribution in [-0.4, -0.2) is 32.8 Å². The minimum atomic E-state index is -3.62. The molecule has 27 heavy (non-hydrogen) atoms. The molecule has 0 aliphatic rings. The molecule has 0 saturated heterocycles. The maximum absolute atomic E-state index is 12.3. The Hall–Kier alpha value is -1.94. The highest BCUT2D eigenvalue weighted by molar-refractivity contribution is 14.1. The first kappa shape index (κ1) is 21.4. The van der Waals surface area contributed by atoms with E-state index < -0.39 is 15.9 Å². The van der Waals surface area contributed by atoms with Crippen LogP contribution in [0.1, 0.15) is 23.6 Å². The average Bonchev–Trinajstić information content (AvgIpc) is 2.60. The van der Waals surface area contributed by atoms with Crippen LogP contribution in [0.4, 0.5) is 5.69 Å². The van der Waals surface area contributed by atoms with Crippen molar-refractivity contribution < 1.29 is 13.2 Å². The Balaban J connectivity index is 2.18. The molecular weight excluding hydrogens is 477 g/mol. The standard InChI is InChI=1S/C19H22IN3O3S/c1-13-6-5-7-18(14(13)2)23(27(4,25)26)12-19(24)22-21-15(3)16-8-10-17(20)11-9-16/h5-11H,12H2,1-4H3,(H,22,24)/b21-15-. The topological polar surface area (TPSA) is 78.8 Å². The van der Waals surface area contributed by atoms with E-state index in [4.69, 9.17) is 0 Å². The monoisotopic (exact) mass is 499 g/mol. The van der Waals surface area contributed by atoms with Crippen molar-refractivity contribution in [3.05, 3.63) is 62.7 Å². The van der Waals surface area contributed by atoms with Crippen LogP contribution >= 0.6 is 22.6 Å². The molecule has 0 aromatic heterocycles. The van der Waals surface area contributed by atoms with Crippen LogP contribution in [0, 0.1) is 17.4 Å². The van der Waals surface area contributed by atoms with Gasteiger partial charge in [0.1, 0.15) is 6.54 Å². The number of carbonyl (C=O) groups excluding carboxylic acids is 1. The molecule has 0 spiro atoms. The Bertz CT molecular complexity index is 970.